The number of aryl methyl sites for hydroxylation is 3. The summed E-state index contributed by atoms with van der Waals surface area (Å²) in [5.74, 6) is 5.25. The van der Waals surface area contributed by atoms with Crippen LogP contribution in [0.1, 0.15) is 326 Å². The van der Waals surface area contributed by atoms with Crippen LogP contribution in [0.25, 0.3) is 22.3 Å². The lowest BCUT2D eigenvalue weighted by Gasteiger charge is -2.42. The smallest absolute Gasteiger partial charge is 0.407 e. The lowest BCUT2D eigenvalue weighted by Crippen LogP contribution is -2.50. The number of amides is 8. The summed E-state index contributed by atoms with van der Waals surface area (Å²) in [6.07, 6.45) is 27.6. The van der Waals surface area contributed by atoms with Gasteiger partial charge in [0.2, 0.25) is 23.6 Å². The molecule has 0 aromatic heterocycles. The Balaban J connectivity index is 0.000000137. The zero-order valence-electron chi connectivity index (χ0n) is 84.8. The number of carbonyl (C=O) groups is 8. The number of carbonyl (C=O) groups excluding carboxylic acids is 8. The molecule has 18 rings (SSSR count). The average molecular weight is 1870 g/mol. The molecule has 4 unspecified atom stereocenters. The van der Waals surface area contributed by atoms with Gasteiger partial charge in [-0.2, -0.15) is 0 Å². The molecule has 8 amide bonds. The summed E-state index contributed by atoms with van der Waals surface area (Å²) in [6, 6.07) is 27.8. The van der Waals surface area contributed by atoms with Gasteiger partial charge in [-0.1, -0.05) is 110 Å². The predicted octanol–water partition coefficient (Wildman–Crippen LogP) is 23.2. The number of nitrogens with zero attached hydrogens (tertiary/aromatic N) is 4. The Kier molecular flexibility index (Phi) is 31.6. The molecule has 21 heteroatoms. The van der Waals surface area contributed by atoms with E-state index in [0.29, 0.717) is 97.3 Å². The maximum absolute atomic E-state index is 13.8. The van der Waals surface area contributed by atoms with Gasteiger partial charge >= 0.3 is 24.4 Å². The van der Waals surface area contributed by atoms with Gasteiger partial charge in [-0.25, -0.2) is 19.2 Å². The molecule has 4 aromatic rings. The fourth-order valence-corrected chi connectivity index (χ4v) is 24.9. The fourth-order valence-electron chi connectivity index (χ4n) is 24.7. The van der Waals surface area contributed by atoms with Gasteiger partial charge < -0.3 is 59.8 Å². The van der Waals surface area contributed by atoms with Crippen LogP contribution < -0.4 is 21.3 Å². The van der Waals surface area contributed by atoms with Gasteiger partial charge in [0.05, 0.1) is 24.2 Å². The van der Waals surface area contributed by atoms with Gasteiger partial charge in [0, 0.05) is 81.1 Å². The number of alkyl carbamates (subject to hydrolysis) is 4. The molecule has 14 aliphatic rings. The summed E-state index contributed by atoms with van der Waals surface area (Å²) in [5, 5.41) is 12.5. The minimum absolute atomic E-state index is 0.104. The van der Waals surface area contributed by atoms with Gasteiger partial charge in [0.1, 0.15) is 22.4 Å². The number of ether oxygens (including phenoxy) is 4. The zero-order valence-corrected chi connectivity index (χ0v) is 85.6. The molecule has 4 aromatic carbocycles. The van der Waals surface area contributed by atoms with Crippen molar-refractivity contribution in [1.29, 1.82) is 0 Å². The van der Waals surface area contributed by atoms with E-state index < -0.39 is 22.4 Å². The van der Waals surface area contributed by atoms with Crippen molar-refractivity contribution in [2.24, 2.45) is 65.1 Å². The summed E-state index contributed by atoms with van der Waals surface area (Å²) in [5.41, 5.74) is 25.3. The largest absolute Gasteiger partial charge is 0.444 e. The van der Waals surface area contributed by atoms with Gasteiger partial charge in [-0.3, -0.25) is 19.2 Å². The van der Waals surface area contributed by atoms with Crippen molar-refractivity contribution in [2.45, 2.75) is 357 Å². The molecule has 4 N–H and O–H groups in total. The first-order chi connectivity index (χ1) is 64.1. The molecule has 6 fully saturated rings. The first-order valence-electron chi connectivity index (χ1n) is 52.1. The topological polar surface area (TPSA) is 235 Å². The lowest BCUT2D eigenvalue weighted by molar-refractivity contribution is -0.140. The van der Waals surface area contributed by atoms with Crippen LogP contribution in [0, 0.1) is 85.9 Å². The summed E-state index contributed by atoms with van der Waals surface area (Å²) >= 11 is 6.28. The minimum Gasteiger partial charge on any atom is -0.444 e. The minimum atomic E-state index is -0.483. The van der Waals surface area contributed by atoms with Crippen molar-refractivity contribution in [3.8, 4) is 0 Å². The second-order valence-electron chi connectivity index (χ2n) is 46.7. The molecule has 20 nitrogen and oxygen atoms in total. The fraction of sp³-hybridized carbons (Fsp3) is 0.649. The van der Waals surface area contributed by atoms with E-state index in [1.807, 2.05) is 89.2 Å². The van der Waals surface area contributed by atoms with E-state index in [0.717, 1.165) is 192 Å². The third-order valence-corrected chi connectivity index (χ3v) is 31.5. The van der Waals surface area contributed by atoms with Gasteiger partial charge in [0.25, 0.3) is 0 Å². The third-order valence-electron chi connectivity index (χ3n) is 31.3. The summed E-state index contributed by atoms with van der Waals surface area (Å²) in [4.78, 5) is 112. The van der Waals surface area contributed by atoms with Crippen LogP contribution in [0.3, 0.4) is 0 Å². The molecule has 4 atom stereocenters. The predicted molar refractivity (Wildman–Crippen MR) is 537 cm³/mol. The molecule has 0 spiro atoms. The van der Waals surface area contributed by atoms with E-state index in [1.54, 1.807) is 0 Å². The third kappa shape index (κ3) is 25.0. The van der Waals surface area contributed by atoms with E-state index in [1.165, 1.54) is 131 Å². The quantitative estimate of drug-likeness (QED) is 0.0767. The van der Waals surface area contributed by atoms with E-state index in [4.69, 9.17) is 30.5 Å². The van der Waals surface area contributed by atoms with Gasteiger partial charge in [-0.15, -0.1) is 0 Å². The standard InChI is InChI=1S/C29H40N2O3.C29H42N2O3.C28H37ClN2O3.C28H40N2O3/c1-18-5-12-23-22(15-18)16-25-24(23)13-14-31(26(25)20-10-11-20)27(32)21-8-6-19(7-9-21)17-30-28(33)34-29(2,3)4;1-18(2)26-25-16-22-15-19(3)7-12-23(22)24(25)13-14-31(26)27(32)21-10-8-20(9-11-21)17-30-28(33)34-29(4,5)6;1-28(2,3)34-27(33)30-16-17-4-6-19(7-5-17)26(32)31-13-12-23-22-11-10-21(29)14-20(22)15-24(23)25(31)18-8-9-18;1-6-25-24-16-21-15-18(2)7-12-22(21)23(24)13-14-30(25)26(31)20-10-8-19(9-11-20)17-29-27(32)33-28(3,4)5/h5,12,15,19-21,26H,6-11,13-14,16-17H2,1-4H3,(H,30,33);7,12,15,18,20-21,26H,8-11,13-14,16-17H2,1-6H3,(H,30,33);10-11,14,17-19,25H,4-9,12-13,15-16H2,1-3H3,(H,30,33);7,12,15,19-20,25H,6,8-11,13-14,16-17H2,1-5H3,(H,29,32). The van der Waals surface area contributed by atoms with Crippen molar-refractivity contribution < 1.29 is 57.3 Å². The van der Waals surface area contributed by atoms with Crippen LogP contribution in [0.4, 0.5) is 19.2 Å². The monoisotopic (exact) mass is 1870 g/mol. The van der Waals surface area contributed by atoms with Crippen LogP contribution >= 0.6 is 11.6 Å². The summed E-state index contributed by atoms with van der Waals surface area (Å²) in [7, 11) is 0. The highest BCUT2D eigenvalue weighted by Gasteiger charge is 2.50. The molecular formula is C114H159ClN8O12. The van der Waals surface area contributed by atoms with Crippen LogP contribution in [0.15, 0.2) is 95.1 Å². The Morgan fingerprint density at radius 3 is 0.926 bits per heavy atom. The Labute approximate surface area is 811 Å². The second kappa shape index (κ2) is 42.4. The number of benzene rings is 4. The summed E-state index contributed by atoms with van der Waals surface area (Å²) < 4.78 is 21.4. The number of rotatable bonds is 16. The molecule has 0 radical (unpaired) electrons. The van der Waals surface area contributed by atoms with E-state index >= 15 is 0 Å². The Bertz CT molecular complexity index is 4790. The van der Waals surface area contributed by atoms with Crippen molar-refractivity contribution in [1.82, 2.24) is 40.9 Å². The van der Waals surface area contributed by atoms with E-state index in [-0.39, 0.29) is 66.2 Å². The van der Waals surface area contributed by atoms with Gasteiger partial charge in [0.15, 0.2) is 0 Å². The molecule has 0 saturated heterocycles. The molecule has 734 valence electrons. The molecule has 10 aliphatic carbocycles. The van der Waals surface area contributed by atoms with Crippen LogP contribution in [-0.4, -0.2) is 167 Å². The highest BCUT2D eigenvalue weighted by Crippen LogP contribution is 2.53. The Morgan fingerprint density at radius 2 is 0.615 bits per heavy atom. The van der Waals surface area contributed by atoms with Crippen molar-refractivity contribution >= 4 is 81.9 Å². The maximum Gasteiger partial charge on any atom is 0.407 e. The van der Waals surface area contributed by atoms with E-state index in [2.05, 4.69) is 149 Å². The van der Waals surface area contributed by atoms with Crippen LogP contribution in [0.5, 0.6) is 0 Å². The number of halogens is 1. The van der Waals surface area contributed by atoms with Gasteiger partial charge in [-0.05, 0) is 433 Å². The summed E-state index contributed by atoms with van der Waals surface area (Å²) in [6.45, 7) is 41.6. The molecule has 4 heterocycles. The maximum atomic E-state index is 13.8. The number of hydrogen-bond acceptors (Lipinski definition) is 12. The molecule has 4 aliphatic heterocycles. The lowest BCUT2D eigenvalue weighted by atomic mass is 9.79. The molecule has 6 saturated carbocycles. The number of fused-ring (bicyclic) bond motifs is 8. The number of nitrogens with one attached hydrogen (secondary N) is 4. The SMILES string of the molecule is CC(C)(C)OC(=O)NCC1CCC(C(=O)N2CCC3=C(Cc4cc(Cl)ccc43)C2C2CC2)CC1.CCC1C2=C(CCN1C(=O)C1CCC(CNC(=O)OC(C)(C)C)CC1)c1ccc(C)cc1C2.Cc1ccc2c(c1)CC1=C2CCN(C(=O)C2CCC(CNC(=O)OC(C)(C)C)CC2)C1C(C)C.Cc1ccc2c(c1)CC1=C2CCN(C(=O)C2CCC(CNC(=O)OC(C)(C)C)CC2)C1C1CC1. The first kappa shape index (κ1) is 101. The highest BCUT2D eigenvalue weighted by atomic mass is 35.5. The molecule has 0 bridgehead atoms. The second-order valence-corrected chi connectivity index (χ2v) is 47.1. The molecule has 135 heavy (non-hydrogen) atoms. The van der Waals surface area contributed by atoms with Crippen LogP contribution in [0.2, 0.25) is 5.02 Å². The average Bonchev–Trinajstić information content (AvgIpc) is 1.58. The van der Waals surface area contributed by atoms with Crippen molar-refractivity contribution in [3.63, 3.8) is 0 Å². The van der Waals surface area contributed by atoms with Crippen molar-refractivity contribution in [3.05, 3.63) is 161 Å². The highest BCUT2D eigenvalue weighted by molar-refractivity contribution is 6.30. The molecular weight excluding hydrogens is 1710 g/mol. The zero-order chi connectivity index (χ0) is 96.4. The van der Waals surface area contributed by atoms with E-state index in [9.17, 15) is 38.4 Å². The Hall–Kier alpha value is -8.91. The van der Waals surface area contributed by atoms with Crippen LogP contribution in [-0.2, 0) is 63.8 Å². The normalized spacial score (nSPS) is 25.7. The number of hydrogen-bond donors (Lipinski definition) is 4. The first-order valence-corrected chi connectivity index (χ1v) is 52.5. The van der Waals surface area contributed by atoms with Crippen molar-refractivity contribution in [2.75, 3.05) is 52.4 Å². The Morgan fingerprint density at radius 1 is 0.348 bits per heavy atom.